The molecule has 0 unspecified atom stereocenters. The number of hydrogen-bond acceptors (Lipinski definition) is 3. The largest absolute Gasteiger partial charge is 0.367 e. The SMILES string of the molecule is CSC[C@H](C)NC(=O)N1CCO[C@](C)(c2ccccc2)C1. The van der Waals surface area contributed by atoms with Crippen LogP contribution >= 0.6 is 11.8 Å². The van der Waals surface area contributed by atoms with E-state index in [9.17, 15) is 4.79 Å². The number of amides is 2. The van der Waals surface area contributed by atoms with Crippen LogP contribution in [0, 0.1) is 0 Å². The number of hydrogen-bond donors (Lipinski definition) is 1. The molecule has 0 saturated carbocycles. The van der Waals surface area contributed by atoms with Gasteiger partial charge in [0.05, 0.1) is 13.2 Å². The number of ether oxygens (including phenoxy) is 1. The second-order valence-electron chi connectivity index (χ2n) is 5.67. The van der Waals surface area contributed by atoms with Crippen LogP contribution < -0.4 is 5.32 Å². The van der Waals surface area contributed by atoms with Crippen LogP contribution in [0.4, 0.5) is 4.79 Å². The van der Waals surface area contributed by atoms with Crippen LogP contribution in [0.25, 0.3) is 0 Å². The number of benzene rings is 1. The van der Waals surface area contributed by atoms with Crippen molar-refractivity contribution in [2.45, 2.75) is 25.5 Å². The maximum Gasteiger partial charge on any atom is 0.317 e. The summed E-state index contributed by atoms with van der Waals surface area (Å²) in [6.07, 6.45) is 2.05. The van der Waals surface area contributed by atoms with Crippen molar-refractivity contribution in [3.63, 3.8) is 0 Å². The average Bonchev–Trinajstić information content (AvgIpc) is 2.48. The van der Waals surface area contributed by atoms with E-state index in [1.165, 1.54) is 0 Å². The minimum absolute atomic E-state index is 0.00186. The Hall–Kier alpha value is -1.20. The van der Waals surface area contributed by atoms with Gasteiger partial charge < -0.3 is 15.0 Å². The van der Waals surface area contributed by atoms with Crippen molar-refractivity contribution < 1.29 is 9.53 Å². The number of morpholine rings is 1. The van der Waals surface area contributed by atoms with Crippen LogP contribution in [0.2, 0.25) is 0 Å². The lowest BCUT2D eigenvalue weighted by Crippen LogP contribution is -2.54. The summed E-state index contributed by atoms with van der Waals surface area (Å²) >= 11 is 1.74. The Morgan fingerprint density at radius 2 is 2.19 bits per heavy atom. The fraction of sp³-hybridized carbons (Fsp3) is 0.562. The molecule has 0 spiro atoms. The highest BCUT2D eigenvalue weighted by molar-refractivity contribution is 7.98. The number of urea groups is 1. The van der Waals surface area contributed by atoms with Gasteiger partial charge in [-0.15, -0.1) is 0 Å². The second kappa shape index (κ2) is 7.18. The van der Waals surface area contributed by atoms with E-state index in [1.807, 2.05) is 43.2 Å². The molecule has 0 aromatic heterocycles. The topological polar surface area (TPSA) is 41.6 Å². The Kier molecular flexibility index (Phi) is 5.53. The van der Waals surface area contributed by atoms with Gasteiger partial charge in [-0.2, -0.15) is 11.8 Å². The summed E-state index contributed by atoms with van der Waals surface area (Å²) in [7, 11) is 0. The van der Waals surface area contributed by atoms with Gasteiger partial charge in [0.25, 0.3) is 0 Å². The lowest BCUT2D eigenvalue weighted by molar-refractivity contribution is -0.0907. The minimum atomic E-state index is -0.431. The first-order valence-electron chi connectivity index (χ1n) is 7.29. The molecule has 21 heavy (non-hydrogen) atoms. The van der Waals surface area contributed by atoms with Crippen molar-refractivity contribution in [1.29, 1.82) is 0 Å². The average molecular weight is 308 g/mol. The lowest BCUT2D eigenvalue weighted by Gasteiger charge is -2.41. The van der Waals surface area contributed by atoms with Crippen molar-refractivity contribution in [3.8, 4) is 0 Å². The Labute approximate surface area is 131 Å². The van der Waals surface area contributed by atoms with E-state index >= 15 is 0 Å². The van der Waals surface area contributed by atoms with E-state index < -0.39 is 5.60 Å². The zero-order chi connectivity index (χ0) is 15.3. The summed E-state index contributed by atoms with van der Waals surface area (Å²) in [5.41, 5.74) is 0.680. The molecule has 1 aliphatic rings. The molecule has 1 heterocycles. The number of nitrogens with one attached hydrogen (secondary N) is 1. The maximum absolute atomic E-state index is 12.4. The first-order valence-corrected chi connectivity index (χ1v) is 8.68. The molecule has 116 valence electrons. The number of carbonyl (C=O) groups excluding carboxylic acids is 1. The monoisotopic (exact) mass is 308 g/mol. The third-order valence-electron chi connectivity index (χ3n) is 3.73. The van der Waals surface area contributed by atoms with Gasteiger partial charge >= 0.3 is 6.03 Å². The van der Waals surface area contributed by atoms with E-state index in [0.717, 1.165) is 11.3 Å². The molecule has 0 aliphatic carbocycles. The number of rotatable bonds is 4. The first-order chi connectivity index (χ1) is 10.0. The molecule has 1 aliphatic heterocycles. The molecule has 2 amide bonds. The predicted molar refractivity (Wildman–Crippen MR) is 87.7 cm³/mol. The smallest absolute Gasteiger partial charge is 0.317 e. The molecule has 1 N–H and O–H groups in total. The van der Waals surface area contributed by atoms with Crippen LogP contribution in [-0.4, -0.2) is 48.7 Å². The van der Waals surface area contributed by atoms with Gasteiger partial charge in [0.2, 0.25) is 0 Å². The van der Waals surface area contributed by atoms with Crippen molar-refractivity contribution in [3.05, 3.63) is 35.9 Å². The molecule has 1 saturated heterocycles. The van der Waals surface area contributed by atoms with Gasteiger partial charge in [-0.25, -0.2) is 4.79 Å². The molecule has 1 aromatic carbocycles. The van der Waals surface area contributed by atoms with Gasteiger partial charge in [0, 0.05) is 18.3 Å². The molecule has 5 heteroatoms. The fourth-order valence-electron chi connectivity index (χ4n) is 2.60. The van der Waals surface area contributed by atoms with Crippen LogP contribution in [-0.2, 0) is 10.3 Å². The van der Waals surface area contributed by atoms with Crippen LogP contribution in [0.15, 0.2) is 30.3 Å². The fourth-order valence-corrected chi connectivity index (χ4v) is 3.19. The van der Waals surface area contributed by atoms with Crippen molar-refractivity contribution in [1.82, 2.24) is 10.2 Å². The van der Waals surface area contributed by atoms with Gasteiger partial charge in [0.15, 0.2) is 0 Å². The molecule has 1 fully saturated rings. The van der Waals surface area contributed by atoms with Crippen LogP contribution in [0.5, 0.6) is 0 Å². The maximum atomic E-state index is 12.4. The van der Waals surface area contributed by atoms with E-state index in [4.69, 9.17) is 4.74 Å². The number of carbonyl (C=O) groups is 1. The van der Waals surface area contributed by atoms with E-state index in [-0.39, 0.29) is 12.1 Å². The predicted octanol–water partition coefficient (Wildman–Crippen LogP) is 2.70. The molecule has 2 rings (SSSR count). The molecule has 4 nitrogen and oxygen atoms in total. The highest BCUT2D eigenvalue weighted by Gasteiger charge is 2.35. The third kappa shape index (κ3) is 4.14. The Morgan fingerprint density at radius 1 is 1.48 bits per heavy atom. The summed E-state index contributed by atoms with van der Waals surface area (Å²) < 4.78 is 5.96. The standard InChI is InChI=1S/C16H24N2O2S/c1-13(11-21-3)17-15(19)18-9-10-20-16(2,12-18)14-7-5-4-6-8-14/h4-8,13H,9-12H2,1-3H3,(H,17,19)/t13-,16-/m0/s1. The zero-order valence-electron chi connectivity index (χ0n) is 13.0. The lowest BCUT2D eigenvalue weighted by atomic mass is 9.94. The molecule has 2 atom stereocenters. The molecular formula is C16H24N2O2S. The summed E-state index contributed by atoms with van der Waals surface area (Å²) in [4.78, 5) is 14.2. The van der Waals surface area contributed by atoms with E-state index in [0.29, 0.717) is 19.7 Å². The minimum Gasteiger partial charge on any atom is -0.367 e. The number of thioether (sulfide) groups is 1. The molecule has 0 radical (unpaired) electrons. The third-order valence-corrected chi connectivity index (χ3v) is 4.57. The van der Waals surface area contributed by atoms with Gasteiger partial charge in [-0.05, 0) is 25.7 Å². The summed E-state index contributed by atoms with van der Waals surface area (Å²) in [5.74, 6) is 0.923. The summed E-state index contributed by atoms with van der Waals surface area (Å²) in [6, 6.07) is 10.3. The van der Waals surface area contributed by atoms with Crippen molar-refractivity contribution in [2.75, 3.05) is 31.7 Å². The first kappa shape index (κ1) is 16.2. The molecular weight excluding hydrogens is 284 g/mol. The van der Waals surface area contributed by atoms with Gasteiger partial charge in [-0.1, -0.05) is 30.3 Å². The summed E-state index contributed by atoms with van der Waals surface area (Å²) in [5, 5.41) is 3.05. The zero-order valence-corrected chi connectivity index (χ0v) is 13.8. The second-order valence-corrected chi connectivity index (χ2v) is 6.58. The Morgan fingerprint density at radius 3 is 2.86 bits per heavy atom. The quantitative estimate of drug-likeness (QED) is 0.930. The highest BCUT2D eigenvalue weighted by atomic mass is 32.2. The Balaban J connectivity index is 2.02. The van der Waals surface area contributed by atoms with Gasteiger partial charge in [-0.3, -0.25) is 0 Å². The normalized spacial score (nSPS) is 23.7. The van der Waals surface area contributed by atoms with Crippen molar-refractivity contribution in [2.24, 2.45) is 0 Å². The van der Waals surface area contributed by atoms with E-state index in [2.05, 4.69) is 17.4 Å². The van der Waals surface area contributed by atoms with Crippen LogP contribution in [0.3, 0.4) is 0 Å². The van der Waals surface area contributed by atoms with E-state index in [1.54, 1.807) is 11.8 Å². The Bertz CT molecular complexity index is 469. The van der Waals surface area contributed by atoms with Crippen LogP contribution in [0.1, 0.15) is 19.4 Å². The van der Waals surface area contributed by atoms with Gasteiger partial charge in [0.1, 0.15) is 5.60 Å². The highest BCUT2D eigenvalue weighted by Crippen LogP contribution is 2.29. The molecule has 1 aromatic rings. The number of nitrogens with zero attached hydrogens (tertiary/aromatic N) is 1. The van der Waals surface area contributed by atoms with Crippen molar-refractivity contribution >= 4 is 17.8 Å². The molecule has 0 bridgehead atoms. The summed E-state index contributed by atoms with van der Waals surface area (Å²) in [6.45, 7) is 5.86.